The van der Waals surface area contributed by atoms with E-state index in [-0.39, 0.29) is 16.8 Å². The number of rotatable bonds is 3. The molecular formula is C15H22FNO2S. The molecule has 0 aromatic heterocycles. The van der Waals surface area contributed by atoms with E-state index in [4.69, 9.17) is 0 Å². The maximum absolute atomic E-state index is 13.2. The number of benzene rings is 1. The highest BCUT2D eigenvalue weighted by Crippen LogP contribution is 2.30. The molecule has 3 nitrogen and oxygen atoms in total. The second-order valence-electron chi connectivity index (χ2n) is 5.91. The van der Waals surface area contributed by atoms with Crippen molar-refractivity contribution in [2.24, 2.45) is 11.8 Å². The van der Waals surface area contributed by atoms with Crippen molar-refractivity contribution in [3.63, 3.8) is 0 Å². The topological polar surface area (TPSA) is 46.2 Å². The molecule has 0 bridgehead atoms. The van der Waals surface area contributed by atoms with Gasteiger partial charge in [-0.3, -0.25) is 0 Å². The molecule has 20 heavy (non-hydrogen) atoms. The standard InChI is InChI=1S/C15H22FNO2S/c1-10-5-4-6-15(12(10)3)17-20(18,19)13-7-8-14(16)11(2)9-13/h7-10,12,15,17H,4-6H2,1-3H3. The van der Waals surface area contributed by atoms with E-state index >= 15 is 0 Å². The maximum atomic E-state index is 13.2. The highest BCUT2D eigenvalue weighted by molar-refractivity contribution is 7.89. The Labute approximate surface area is 120 Å². The van der Waals surface area contributed by atoms with Crippen LogP contribution >= 0.6 is 0 Å². The first kappa shape index (κ1) is 15.4. The number of hydrogen-bond acceptors (Lipinski definition) is 2. The molecule has 0 aliphatic heterocycles. The quantitative estimate of drug-likeness (QED) is 0.931. The molecular weight excluding hydrogens is 277 g/mol. The van der Waals surface area contributed by atoms with Crippen LogP contribution in [0.5, 0.6) is 0 Å². The molecule has 0 radical (unpaired) electrons. The van der Waals surface area contributed by atoms with Gasteiger partial charge in [0.15, 0.2) is 0 Å². The second-order valence-corrected chi connectivity index (χ2v) is 7.62. The predicted molar refractivity (Wildman–Crippen MR) is 77.4 cm³/mol. The van der Waals surface area contributed by atoms with Crippen LogP contribution in [0.1, 0.15) is 38.7 Å². The monoisotopic (exact) mass is 299 g/mol. The van der Waals surface area contributed by atoms with Gasteiger partial charge in [-0.15, -0.1) is 0 Å². The second kappa shape index (κ2) is 5.82. The van der Waals surface area contributed by atoms with Crippen molar-refractivity contribution in [3.05, 3.63) is 29.6 Å². The Kier molecular flexibility index (Phi) is 4.49. The van der Waals surface area contributed by atoms with Gasteiger partial charge in [0.25, 0.3) is 0 Å². The first-order valence-electron chi connectivity index (χ1n) is 7.10. The molecule has 112 valence electrons. The normalized spacial score (nSPS) is 27.5. The Hall–Kier alpha value is -0.940. The minimum Gasteiger partial charge on any atom is -0.208 e. The van der Waals surface area contributed by atoms with Gasteiger partial charge in [0.2, 0.25) is 10.0 Å². The highest BCUT2D eigenvalue weighted by Gasteiger charge is 2.30. The van der Waals surface area contributed by atoms with E-state index in [0.717, 1.165) is 19.3 Å². The van der Waals surface area contributed by atoms with Crippen molar-refractivity contribution < 1.29 is 12.8 Å². The van der Waals surface area contributed by atoms with Crippen LogP contribution in [0.2, 0.25) is 0 Å². The summed E-state index contributed by atoms with van der Waals surface area (Å²) in [5, 5.41) is 0. The molecule has 1 saturated carbocycles. The average Bonchev–Trinajstić information content (AvgIpc) is 2.38. The molecule has 1 aliphatic carbocycles. The van der Waals surface area contributed by atoms with Crippen molar-refractivity contribution in [2.75, 3.05) is 0 Å². The molecule has 0 saturated heterocycles. The maximum Gasteiger partial charge on any atom is 0.240 e. The number of hydrogen-bond donors (Lipinski definition) is 1. The first-order chi connectivity index (χ1) is 9.31. The lowest BCUT2D eigenvalue weighted by molar-refractivity contribution is 0.227. The third-order valence-corrected chi connectivity index (χ3v) is 5.94. The van der Waals surface area contributed by atoms with Crippen molar-refractivity contribution in [3.8, 4) is 0 Å². The van der Waals surface area contributed by atoms with Gasteiger partial charge in [0.05, 0.1) is 4.90 Å². The summed E-state index contributed by atoms with van der Waals surface area (Å²) in [6.45, 7) is 5.82. The Morgan fingerprint density at radius 3 is 2.60 bits per heavy atom. The van der Waals surface area contributed by atoms with Crippen molar-refractivity contribution in [1.82, 2.24) is 4.72 Å². The van der Waals surface area contributed by atoms with Gasteiger partial charge in [0, 0.05) is 6.04 Å². The Bertz CT molecular complexity index is 586. The fourth-order valence-electron chi connectivity index (χ4n) is 2.80. The molecule has 0 spiro atoms. The van der Waals surface area contributed by atoms with Crippen LogP contribution in [0, 0.1) is 24.6 Å². The number of nitrogens with one attached hydrogen (secondary N) is 1. The van der Waals surface area contributed by atoms with Crippen LogP contribution in [0.3, 0.4) is 0 Å². The van der Waals surface area contributed by atoms with E-state index in [1.165, 1.54) is 18.2 Å². The molecule has 2 rings (SSSR count). The molecule has 1 aliphatic rings. The van der Waals surface area contributed by atoms with Gasteiger partial charge in [-0.25, -0.2) is 17.5 Å². The number of aryl methyl sites for hydroxylation is 1. The first-order valence-corrected chi connectivity index (χ1v) is 8.58. The molecule has 1 fully saturated rings. The summed E-state index contributed by atoms with van der Waals surface area (Å²) < 4.78 is 40.8. The van der Waals surface area contributed by atoms with Crippen LogP contribution in [0.25, 0.3) is 0 Å². The van der Waals surface area contributed by atoms with E-state index in [1.807, 2.05) is 0 Å². The molecule has 0 amide bonds. The number of halogens is 1. The highest BCUT2D eigenvalue weighted by atomic mass is 32.2. The zero-order valence-electron chi connectivity index (χ0n) is 12.2. The summed E-state index contributed by atoms with van der Waals surface area (Å²) >= 11 is 0. The SMILES string of the molecule is Cc1cc(S(=O)(=O)NC2CCCC(C)C2C)ccc1F. The van der Waals surface area contributed by atoms with Gasteiger partial charge in [-0.05, 0) is 48.9 Å². The Balaban J connectivity index is 2.20. The predicted octanol–water partition coefficient (Wildman–Crippen LogP) is 3.24. The van der Waals surface area contributed by atoms with Gasteiger partial charge in [-0.1, -0.05) is 26.7 Å². The van der Waals surface area contributed by atoms with Gasteiger partial charge in [-0.2, -0.15) is 0 Å². The number of sulfonamides is 1. The largest absolute Gasteiger partial charge is 0.240 e. The third kappa shape index (κ3) is 3.20. The van der Waals surface area contributed by atoms with Gasteiger partial charge < -0.3 is 0 Å². The van der Waals surface area contributed by atoms with Gasteiger partial charge in [0.1, 0.15) is 5.82 Å². The molecule has 1 N–H and O–H groups in total. The minimum absolute atomic E-state index is 0.0332. The molecule has 1 aromatic rings. The summed E-state index contributed by atoms with van der Waals surface area (Å²) in [6.07, 6.45) is 3.06. The van der Waals surface area contributed by atoms with E-state index in [1.54, 1.807) is 6.92 Å². The third-order valence-electron chi connectivity index (χ3n) is 4.45. The Morgan fingerprint density at radius 1 is 1.25 bits per heavy atom. The molecule has 5 heteroatoms. The molecule has 3 atom stereocenters. The van der Waals surface area contributed by atoms with Crippen molar-refractivity contribution >= 4 is 10.0 Å². The van der Waals surface area contributed by atoms with Crippen molar-refractivity contribution in [1.29, 1.82) is 0 Å². The molecule has 1 aromatic carbocycles. The van der Waals surface area contributed by atoms with Crippen LogP contribution in [0.15, 0.2) is 23.1 Å². The zero-order valence-corrected chi connectivity index (χ0v) is 13.0. The summed E-state index contributed by atoms with van der Waals surface area (Å²) in [7, 11) is -3.57. The molecule has 0 heterocycles. The summed E-state index contributed by atoms with van der Waals surface area (Å²) in [5.74, 6) is 0.454. The fraction of sp³-hybridized carbons (Fsp3) is 0.600. The minimum atomic E-state index is -3.57. The zero-order chi connectivity index (χ0) is 14.9. The summed E-state index contributed by atoms with van der Waals surface area (Å²) in [5.41, 5.74) is 0.345. The van der Waals surface area contributed by atoms with E-state index in [2.05, 4.69) is 18.6 Å². The molecule has 3 unspecified atom stereocenters. The van der Waals surface area contributed by atoms with E-state index < -0.39 is 10.0 Å². The summed E-state index contributed by atoms with van der Waals surface area (Å²) in [6, 6.07) is 3.88. The van der Waals surface area contributed by atoms with Crippen LogP contribution < -0.4 is 4.72 Å². The lowest BCUT2D eigenvalue weighted by Crippen LogP contribution is -2.43. The smallest absolute Gasteiger partial charge is 0.208 e. The lowest BCUT2D eigenvalue weighted by atomic mass is 9.78. The Morgan fingerprint density at radius 2 is 1.95 bits per heavy atom. The average molecular weight is 299 g/mol. The fourth-order valence-corrected chi connectivity index (χ4v) is 4.25. The van der Waals surface area contributed by atoms with Crippen molar-refractivity contribution in [2.45, 2.75) is 51.0 Å². The van der Waals surface area contributed by atoms with Crippen LogP contribution in [-0.2, 0) is 10.0 Å². The van der Waals surface area contributed by atoms with E-state index in [0.29, 0.717) is 17.4 Å². The van der Waals surface area contributed by atoms with Crippen LogP contribution in [-0.4, -0.2) is 14.5 Å². The van der Waals surface area contributed by atoms with Crippen LogP contribution in [0.4, 0.5) is 4.39 Å². The van der Waals surface area contributed by atoms with E-state index in [9.17, 15) is 12.8 Å². The lowest BCUT2D eigenvalue weighted by Gasteiger charge is -2.34. The van der Waals surface area contributed by atoms with Gasteiger partial charge >= 0.3 is 0 Å². The summed E-state index contributed by atoms with van der Waals surface area (Å²) in [4.78, 5) is 0.141.